The van der Waals surface area contributed by atoms with Gasteiger partial charge in [-0.1, -0.05) is 60.7 Å². The quantitative estimate of drug-likeness (QED) is 0.640. The number of carbonyl (C=O) groups excluding carboxylic acids is 1. The van der Waals surface area contributed by atoms with E-state index in [-0.39, 0.29) is 0 Å². The highest BCUT2D eigenvalue weighted by molar-refractivity contribution is 5.85. The van der Waals surface area contributed by atoms with Crippen LogP contribution in [0.4, 0.5) is 0 Å². The van der Waals surface area contributed by atoms with Crippen LogP contribution >= 0.6 is 0 Å². The van der Waals surface area contributed by atoms with Crippen molar-refractivity contribution in [3.8, 4) is 0 Å². The molecule has 1 N–H and O–H groups in total. The number of hydrogen-bond donors (Lipinski definition) is 1. The van der Waals surface area contributed by atoms with Gasteiger partial charge in [0.2, 0.25) is 5.60 Å². The van der Waals surface area contributed by atoms with Crippen LogP contribution in [-0.2, 0) is 15.1 Å². The predicted octanol–water partition coefficient (Wildman–Crippen LogP) is 3.09. The number of ether oxygens (including phenoxy) is 1. The molecule has 0 aromatic heterocycles. The molecule has 138 valence electrons. The van der Waals surface area contributed by atoms with E-state index < -0.39 is 11.6 Å². The maximum Gasteiger partial charge on any atom is 0.347 e. The van der Waals surface area contributed by atoms with Crippen molar-refractivity contribution in [2.24, 2.45) is 0 Å². The van der Waals surface area contributed by atoms with Crippen molar-refractivity contribution < 1.29 is 19.1 Å². The number of esters is 1. The van der Waals surface area contributed by atoms with Gasteiger partial charge in [-0.25, -0.2) is 4.79 Å². The van der Waals surface area contributed by atoms with Crippen molar-refractivity contribution in [1.29, 1.82) is 0 Å². The average molecular weight is 354 g/mol. The van der Waals surface area contributed by atoms with E-state index in [0.717, 1.165) is 30.4 Å². The van der Waals surface area contributed by atoms with E-state index in [1.165, 1.54) is 0 Å². The Morgan fingerprint density at radius 1 is 1.12 bits per heavy atom. The molecule has 0 saturated carbocycles. The number of rotatable bonds is 6. The van der Waals surface area contributed by atoms with Crippen molar-refractivity contribution in [3.05, 3.63) is 71.8 Å². The Labute approximate surface area is 155 Å². The van der Waals surface area contributed by atoms with Crippen LogP contribution in [0.1, 0.15) is 30.9 Å². The molecule has 1 saturated heterocycles. The number of quaternary nitrogens is 1. The van der Waals surface area contributed by atoms with Crippen LogP contribution in [0.2, 0.25) is 0 Å². The second kappa shape index (κ2) is 7.60. The molecular formula is C22H28NO3+. The molecule has 2 aromatic carbocycles. The summed E-state index contributed by atoms with van der Waals surface area (Å²) in [6, 6.07) is 18.3. The predicted molar refractivity (Wildman–Crippen MR) is 101 cm³/mol. The molecule has 0 bridgehead atoms. The molecule has 2 unspecified atom stereocenters. The Bertz CT molecular complexity index is 692. The van der Waals surface area contributed by atoms with E-state index in [1.54, 1.807) is 24.3 Å². The molecule has 1 fully saturated rings. The van der Waals surface area contributed by atoms with Crippen LogP contribution in [0.5, 0.6) is 0 Å². The molecule has 0 aliphatic carbocycles. The molecule has 4 nitrogen and oxygen atoms in total. The standard InChI is InChI=1S/C22H28NO3/c1-3-23(2)16-10-15-20(23)17-26-21(24)22(25,18-11-6-4-7-12-18)19-13-8-5-9-14-19/h4-9,11-14,20,25H,3,10,15-17H2,1-2H3/q+1. The number of carbonyl (C=O) groups is 1. The second-order valence-electron chi connectivity index (χ2n) is 7.36. The molecule has 2 aromatic rings. The monoisotopic (exact) mass is 354 g/mol. The molecule has 1 heterocycles. The second-order valence-corrected chi connectivity index (χ2v) is 7.36. The molecule has 0 spiro atoms. The smallest absolute Gasteiger partial charge is 0.347 e. The summed E-state index contributed by atoms with van der Waals surface area (Å²) in [5, 5.41) is 11.4. The van der Waals surface area contributed by atoms with Crippen molar-refractivity contribution in [2.45, 2.75) is 31.4 Å². The van der Waals surface area contributed by atoms with E-state index in [0.29, 0.717) is 23.8 Å². The summed E-state index contributed by atoms with van der Waals surface area (Å²) < 4.78 is 6.61. The van der Waals surface area contributed by atoms with Crippen LogP contribution in [0.3, 0.4) is 0 Å². The molecule has 2 atom stereocenters. The fraction of sp³-hybridized carbons (Fsp3) is 0.409. The summed E-state index contributed by atoms with van der Waals surface area (Å²) in [5.74, 6) is -0.607. The zero-order valence-electron chi connectivity index (χ0n) is 15.6. The molecule has 4 heteroatoms. The zero-order valence-corrected chi connectivity index (χ0v) is 15.6. The van der Waals surface area contributed by atoms with Crippen LogP contribution in [0, 0.1) is 0 Å². The normalized spacial score (nSPS) is 23.0. The first-order chi connectivity index (χ1) is 12.5. The third-order valence-electron chi connectivity index (χ3n) is 5.90. The van der Waals surface area contributed by atoms with Gasteiger partial charge in [0.15, 0.2) is 0 Å². The molecule has 0 radical (unpaired) electrons. The Morgan fingerprint density at radius 3 is 2.15 bits per heavy atom. The maximum absolute atomic E-state index is 13.0. The summed E-state index contributed by atoms with van der Waals surface area (Å²) in [4.78, 5) is 13.0. The number of likely N-dealkylation sites (tertiary alicyclic amines) is 1. The van der Waals surface area contributed by atoms with Gasteiger partial charge in [0.1, 0.15) is 12.6 Å². The number of hydrogen-bond acceptors (Lipinski definition) is 3. The highest BCUT2D eigenvalue weighted by atomic mass is 16.6. The molecular weight excluding hydrogens is 326 g/mol. The van der Waals surface area contributed by atoms with E-state index >= 15 is 0 Å². The lowest BCUT2D eigenvalue weighted by atomic mass is 9.86. The molecule has 0 amide bonds. The zero-order chi connectivity index (χ0) is 18.6. The van der Waals surface area contributed by atoms with Gasteiger partial charge < -0.3 is 14.3 Å². The maximum atomic E-state index is 13.0. The Kier molecular flexibility index (Phi) is 5.44. The minimum atomic E-state index is -1.79. The van der Waals surface area contributed by atoms with Gasteiger partial charge in [-0.2, -0.15) is 0 Å². The van der Waals surface area contributed by atoms with Crippen molar-refractivity contribution in [2.75, 3.05) is 26.7 Å². The minimum absolute atomic E-state index is 0.291. The highest BCUT2D eigenvalue weighted by Gasteiger charge is 2.43. The summed E-state index contributed by atoms with van der Waals surface area (Å²) in [6.45, 7) is 4.64. The largest absolute Gasteiger partial charge is 0.457 e. The third-order valence-corrected chi connectivity index (χ3v) is 5.90. The van der Waals surface area contributed by atoms with Gasteiger partial charge in [0.25, 0.3) is 0 Å². The minimum Gasteiger partial charge on any atom is -0.457 e. The highest BCUT2D eigenvalue weighted by Crippen LogP contribution is 2.32. The van der Waals surface area contributed by atoms with Crippen LogP contribution in [0.15, 0.2) is 60.7 Å². The first kappa shape index (κ1) is 18.6. The summed E-state index contributed by atoms with van der Waals surface area (Å²) in [7, 11) is 2.21. The SMILES string of the molecule is CC[N+]1(C)CCCC1COC(=O)C(O)(c1ccccc1)c1ccccc1. The van der Waals surface area contributed by atoms with Crippen LogP contribution in [0.25, 0.3) is 0 Å². The summed E-state index contributed by atoms with van der Waals surface area (Å²) in [6.07, 6.45) is 2.20. The van der Waals surface area contributed by atoms with E-state index in [9.17, 15) is 9.90 Å². The van der Waals surface area contributed by atoms with E-state index in [4.69, 9.17) is 4.74 Å². The van der Waals surface area contributed by atoms with Crippen molar-refractivity contribution in [1.82, 2.24) is 0 Å². The molecule has 3 rings (SSSR count). The Hall–Kier alpha value is -2.17. The topological polar surface area (TPSA) is 46.5 Å². The number of benzene rings is 2. The summed E-state index contributed by atoms with van der Waals surface area (Å²) >= 11 is 0. The van der Waals surface area contributed by atoms with Crippen LogP contribution in [-0.4, -0.2) is 48.3 Å². The first-order valence-electron chi connectivity index (χ1n) is 9.35. The lowest BCUT2D eigenvalue weighted by Crippen LogP contribution is -2.51. The van der Waals surface area contributed by atoms with Gasteiger partial charge in [0, 0.05) is 12.8 Å². The van der Waals surface area contributed by atoms with E-state index in [1.807, 2.05) is 36.4 Å². The average Bonchev–Trinajstić information content (AvgIpc) is 3.08. The van der Waals surface area contributed by atoms with E-state index in [2.05, 4.69) is 14.0 Å². The molecule has 1 aliphatic heterocycles. The number of likely N-dealkylation sites (N-methyl/N-ethyl adjacent to an activating group) is 1. The van der Waals surface area contributed by atoms with Gasteiger partial charge in [-0.15, -0.1) is 0 Å². The van der Waals surface area contributed by atoms with Crippen molar-refractivity contribution >= 4 is 5.97 Å². The van der Waals surface area contributed by atoms with Gasteiger partial charge >= 0.3 is 5.97 Å². The Balaban J connectivity index is 1.85. The lowest BCUT2D eigenvalue weighted by molar-refractivity contribution is -0.919. The number of nitrogens with zero attached hydrogens (tertiary/aromatic N) is 1. The lowest BCUT2D eigenvalue weighted by Gasteiger charge is -2.35. The van der Waals surface area contributed by atoms with Crippen molar-refractivity contribution in [3.63, 3.8) is 0 Å². The Morgan fingerprint density at radius 2 is 1.65 bits per heavy atom. The number of aliphatic hydroxyl groups is 1. The third kappa shape index (κ3) is 3.39. The first-order valence-corrected chi connectivity index (χ1v) is 9.35. The van der Waals surface area contributed by atoms with Gasteiger partial charge in [-0.05, 0) is 18.1 Å². The summed E-state index contributed by atoms with van der Waals surface area (Å²) in [5.41, 5.74) is -0.748. The molecule has 1 aliphatic rings. The van der Waals surface area contributed by atoms with Crippen LogP contribution < -0.4 is 0 Å². The fourth-order valence-electron chi connectivity index (χ4n) is 3.90. The fourth-order valence-corrected chi connectivity index (χ4v) is 3.90. The molecule has 26 heavy (non-hydrogen) atoms. The van der Waals surface area contributed by atoms with Gasteiger partial charge in [-0.3, -0.25) is 0 Å². The van der Waals surface area contributed by atoms with Gasteiger partial charge in [0.05, 0.1) is 20.1 Å².